The molecule has 1 atom stereocenters. The van der Waals surface area contributed by atoms with E-state index < -0.39 is 21.8 Å². The van der Waals surface area contributed by atoms with Gasteiger partial charge in [0.25, 0.3) is 0 Å². The summed E-state index contributed by atoms with van der Waals surface area (Å²) in [7, 11) is -3.72. The number of carbonyl (C=O) groups excluding carboxylic acids is 1. The molecule has 0 bridgehead atoms. The molecule has 0 spiro atoms. The Bertz CT molecular complexity index is 727. The number of rotatable bonds is 6. The van der Waals surface area contributed by atoms with Crippen molar-refractivity contribution in [1.29, 1.82) is 0 Å². The van der Waals surface area contributed by atoms with Crippen molar-refractivity contribution in [2.24, 2.45) is 5.92 Å². The predicted molar refractivity (Wildman–Crippen MR) is 87.8 cm³/mol. The van der Waals surface area contributed by atoms with Crippen molar-refractivity contribution in [1.82, 2.24) is 9.21 Å². The normalized spacial score (nSPS) is 17.3. The summed E-state index contributed by atoms with van der Waals surface area (Å²) in [4.78, 5) is 24.4. The SMILES string of the molecule is C[C@@H](CC(=O)O)CC(=O)N1CCN(S(=O)(=O)c2ccc(F)cc2)CC1. The number of nitrogens with zero attached hydrogens (tertiary/aromatic N) is 2. The van der Waals surface area contributed by atoms with Crippen LogP contribution >= 0.6 is 0 Å². The molecule has 2 rings (SSSR count). The molecule has 138 valence electrons. The molecule has 1 aromatic carbocycles. The molecule has 0 saturated carbocycles. The number of sulfonamides is 1. The second kappa shape index (κ2) is 7.92. The Kier molecular flexibility index (Phi) is 6.12. The maximum absolute atomic E-state index is 13.0. The molecule has 1 heterocycles. The van der Waals surface area contributed by atoms with Crippen molar-refractivity contribution in [3.63, 3.8) is 0 Å². The summed E-state index contributed by atoms with van der Waals surface area (Å²) >= 11 is 0. The van der Waals surface area contributed by atoms with Gasteiger partial charge in [-0.1, -0.05) is 6.92 Å². The number of carboxylic acid groups (broad SMARTS) is 1. The van der Waals surface area contributed by atoms with Crippen molar-refractivity contribution in [2.75, 3.05) is 26.2 Å². The number of halogens is 1. The van der Waals surface area contributed by atoms with Crippen molar-refractivity contribution in [3.05, 3.63) is 30.1 Å². The van der Waals surface area contributed by atoms with Gasteiger partial charge in [0.05, 0.1) is 4.90 Å². The van der Waals surface area contributed by atoms with Crippen LogP contribution in [-0.4, -0.2) is 60.8 Å². The van der Waals surface area contributed by atoms with Gasteiger partial charge >= 0.3 is 5.97 Å². The van der Waals surface area contributed by atoms with Crippen LogP contribution in [0.3, 0.4) is 0 Å². The topological polar surface area (TPSA) is 95.0 Å². The van der Waals surface area contributed by atoms with E-state index in [1.807, 2.05) is 0 Å². The molecular weight excluding hydrogens is 351 g/mol. The Morgan fingerprint density at radius 1 is 1.12 bits per heavy atom. The highest BCUT2D eigenvalue weighted by atomic mass is 32.2. The largest absolute Gasteiger partial charge is 0.481 e. The Labute approximate surface area is 146 Å². The van der Waals surface area contributed by atoms with Gasteiger partial charge in [0.2, 0.25) is 15.9 Å². The van der Waals surface area contributed by atoms with Crippen molar-refractivity contribution in [2.45, 2.75) is 24.7 Å². The first-order valence-electron chi connectivity index (χ1n) is 7.95. The second-order valence-corrected chi connectivity index (χ2v) is 8.08. The van der Waals surface area contributed by atoms with E-state index in [4.69, 9.17) is 5.11 Å². The third-order valence-electron chi connectivity index (χ3n) is 4.09. The fourth-order valence-corrected chi connectivity index (χ4v) is 4.15. The average molecular weight is 372 g/mol. The van der Waals surface area contributed by atoms with Gasteiger partial charge in [-0.05, 0) is 30.2 Å². The molecule has 0 aliphatic carbocycles. The summed E-state index contributed by atoms with van der Waals surface area (Å²) in [6.07, 6.45) is 0.0433. The van der Waals surface area contributed by atoms with Gasteiger partial charge in [0, 0.05) is 39.0 Å². The minimum absolute atomic E-state index is 0.0174. The third kappa shape index (κ3) is 4.99. The zero-order valence-electron chi connectivity index (χ0n) is 13.9. The molecule has 0 radical (unpaired) electrons. The molecule has 1 N–H and O–H groups in total. The lowest BCUT2D eigenvalue weighted by atomic mass is 10.0. The van der Waals surface area contributed by atoms with E-state index >= 15 is 0 Å². The van der Waals surface area contributed by atoms with Gasteiger partial charge in [-0.3, -0.25) is 9.59 Å². The minimum Gasteiger partial charge on any atom is -0.481 e. The van der Waals surface area contributed by atoms with Gasteiger partial charge < -0.3 is 10.0 Å². The highest BCUT2D eigenvalue weighted by Crippen LogP contribution is 2.19. The van der Waals surface area contributed by atoms with Gasteiger partial charge in [-0.2, -0.15) is 4.31 Å². The zero-order chi connectivity index (χ0) is 18.6. The van der Waals surface area contributed by atoms with E-state index in [-0.39, 0.29) is 55.7 Å². The monoisotopic (exact) mass is 372 g/mol. The van der Waals surface area contributed by atoms with E-state index in [9.17, 15) is 22.4 Å². The molecule has 1 aromatic rings. The summed E-state index contributed by atoms with van der Waals surface area (Å²) < 4.78 is 39.2. The third-order valence-corrected chi connectivity index (χ3v) is 6.00. The number of amides is 1. The number of carboxylic acids is 1. The minimum atomic E-state index is -3.72. The summed E-state index contributed by atoms with van der Waals surface area (Å²) in [6.45, 7) is 2.50. The molecule has 1 aliphatic rings. The second-order valence-electron chi connectivity index (χ2n) is 6.15. The first-order chi connectivity index (χ1) is 11.7. The highest BCUT2D eigenvalue weighted by Gasteiger charge is 2.30. The number of piperazine rings is 1. The van der Waals surface area contributed by atoms with E-state index in [1.165, 1.54) is 16.4 Å². The smallest absolute Gasteiger partial charge is 0.303 e. The lowest BCUT2D eigenvalue weighted by molar-refractivity contribution is -0.138. The first kappa shape index (κ1) is 19.3. The molecule has 0 aromatic heterocycles. The summed E-state index contributed by atoms with van der Waals surface area (Å²) in [6, 6.07) is 4.62. The molecule has 25 heavy (non-hydrogen) atoms. The standard InChI is InChI=1S/C16H21FN2O5S/c1-12(11-16(21)22)10-15(20)18-6-8-19(9-7-18)25(23,24)14-4-2-13(17)3-5-14/h2-5,12H,6-11H2,1H3,(H,21,22)/t12-/m1/s1. The molecular formula is C16H21FN2O5S. The molecule has 9 heteroatoms. The molecule has 7 nitrogen and oxygen atoms in total. The van der Waals surface area contributed by atoms with E-state index in [0.29, 0.717) is 0 Å². The van der Waals surface area contributed by atoms with Crippen LogP contribution in [0, 0.1) is 11.7 Å². The van der Waals surface area contributed by atoms with Gasteiger partial charge in [0.15, 0.2) is 0 Å². The fourth-order valence-electron chi connectivity index (χ4n) is 2.73. The van der Waals surface area contributed by atoms with E-state index in [2.05, 4.69) is 0 Å². The lowest BCUT2D eigenvalue weighted by Crippen LogP contribution is -2.50. The maximum Gasteiger partial charge on any atom is 0.303 e. The van der Waals surface area contributed by atoms with Crippen LogP contribution in [0.2, 0.25) is 0 Å². The summed E-state index contributed by atoms with van der Waals surface area (Å²) in [5, 5.41) is 8.74. The zero-order valence-corrected chi connectivity index (χ0v) is 14.7. The highest BCUT2D eigenvalue weighted by molar-refractivity contribution is 7.89. The number of benzene rings is 1. The van der Waals surface area contributed by atoms with Crippen molar-refractivity contribution < 1.29 is 27.5 Å². The number of aliphatic carboxylic acids is 1. The quantitative estimate of drug-likeness (QED) is 0.809. The van der Waals surface area contributed by atoms with Gasteiger partial charge in [-0.15, -0.1) is 0 Å². The Balaban J connectivity index is 1.93. The van der Waals surface area contributed by atoms with Crippen LogP contribution in [0.5, 0.6) is 0 Å². The molecule has 0 unspecified atom stereocenters. The number of hydrogen-bond acceptors (Lipinski definition) is 4. The lowest BCUT2D eigenvalue weighted by Gasteiger charge is -2.34. The Morgan fingerprint density at radius 3 is 2.20 bits per heavy atom. The van der Waals surface area contributed by atoms with Crippen LogP contribution < -0.4 is 0 Å². The molecule has 1 amide bonds. The first-order valence-corrected chi connectivity index (χ1v) is 9.39. The summed E-state index contributed by atoms with van der Waals surface area (Å²) in [5.41, 5.74) is 0. The van der Waals surface area contributed by atoms with Crippen LogP contribution in [0.4, 0.5) is 4.39 Å². The van der Waals surface area contributed by atoms with Crippen molar-refractivity contribution >= 4 is 21.9 Å². The van der Waals surface area contributed by atoms with Crippen LogP contribution in [0.25, 0.3) is 0 Å². The maximum atomic E-state index is 13.0. The van der Waals surface area contributed by atoms with E-state index in [1.54, 1.807) is 11.8 Å². The predicted octanol–water partition coefficient (Wildman–Crippen LogP) is 1.16. The van der Waals surface area contributed by atoms with Crippen LogP contribution in [0.15, 0.2) is 29.2 Å². The van der Waals surface area contributed by atoms with Gasteiger partial charge in [-0.25, -0.2) is 12.8 Å². The van der Waals surface area contributed by atoms with Crippen molar-refractivity contribution in [3.8, 4) is 0 Å². The van der Waals surface area contributed by atoms with Crippen LogP contribution in [0.1, 0.15) is 19.8 Å². The average Bonchev–Trinajstić information content (AvgIpc) is 2.54. The molecule has 1 aliphatic heterocycles. The molecule has 1 saturated heterocycles. The molecule has 1 fully saturated rings. The van der Waals surface area contributed by atoms with Crippen LogP contribution in [-0.2, 0) is 19.6 Å². The Morgan fingerprint density at radius 2 is 1.68 bits per heavy atom. The fraction of sp³-hybridized carbons (Fsp3) is 0.500. The number of carbonyl (C=O) groups is 2. The van der Waals surface area contributed by atoms with E-state index in [0.717, 1.165) is 12.1 Å². The number of hydrogen-bond donors (Lipinski definition) is 1. The van der Waals surface area contributed by atoms with Gasteiger partial charge in [0.1, 0.15) is 5.82 Å². The summed E-state index contributed by atoms with van der Waals surface area (Å²) in [5.74, 6) is -1.90. The Hall–Kier alpha value is -2.00.